The van der Waals surface area contributed by atoms with E-state index in [0.29, 0.717) is 11.3 Å². The van der Waals surface area contributed by atoms with Crippen LogP contribution in [0.2, 0.25) is 0 Å². The largest absolute Gasteiger partial charge is 0.460 e. The summed E-state index contributed by atoms with van der Waals surface area (Å²) in [5, 5.41) is 0.311. The van der Waals surface area contributed by atoms with Gasteiger partial charge < -0.3 is 29.6 Å². The zero-order valence-electron chi connectivity index (χ0n) is 19.3. The third kappa shape index (κ3) is 4.90. The van der Waals surface area contributed by atoms with Gasteiger partial charge >= 0.3 is 15.2 Å². The van der Waals surface area contributed by atoms with E-state index >= 15 is 0 Å². The highest BCUT2D eigenvalue weighted by Gasteiger charge is 2.63. The molecule has 8 nitrogen and oxygen atoms in total. The molecule has 1 aliphatic rings. The van der Waals surface area contributed by atoms with E-state index in [1.165, 1.54) is 12.1 Å². The predicted octanol–water partition coefficient (Wildman–Crippen LogP) is 4.76. The second-order valence-electron chi connectivity index (χ2n) is 10.4. The summed E-state index contributed by atoms with van der Waals surface area (Å²) in [5.41, 5.74) is -1.24. The lowest BCUT2D eigenvalue weighted by molar-refractivity contribution is 0.112. The van der Waals surface area contributed by atoms with Crippen LogP contribution in [0.1, 0.15) is 58.2 Å². The van der Waals surface area contributed by atoms with E-state index in [2.05, 4.69) is 5.32 Å². The number of rotatable bonds is 4. The van der Waals surface area contributed by atoms with Crippen LogP contribution in [-0.2, 0) is 25.7 Å². The molecule has 0 aromatic heterocycles. The van der Waals surface area contributed by atoms with Gasteiger partial charge in [-0.05, 0) is 34.6 Å². The minimum atomic E-state index is -5.46. The van der Waals surface area contributed by atoms with Crippen LogP contribution in [0.3, 0.4) is 0 Å². The molecule has 33 heavy (non-hydrogen) atoms. The van der Waals surface area contributed by atoms with Crippen molar-refractivity contribution in [3.8, 4) is 5.75 Å². The molecule has 0 bridgehead atoms. The Hall–Kier alpha value is -1.73. The lowest BCUT2D eigenvalue weighted by atomic mass is 9.80. The van der Waals surface area contributed by atoms with E-state index in [9.17, 15) is 33.1 Å². The smallest absolute Gasteiger partial charge is 0.347 e. The molecule has 0 radical (unpaired) electrons. The van der Waals surface area contributed by atoms with E-state index in [1.807, 2.05) is 47.6 Å². The van der Waals surface area contributed by atoms with Gasteiger partial charge in [0.1, 0.15) is 11.6 Å². The average molecular weight is 501 g/mol. The Morgan fingerprint density at radius 2 is 1.42 bits per heavy atom. The van der Waals surface area contributed by atoms with Gasteiger partial charge in [-0.1, -0.05) is 59.7 Å². The molecule has 182 valence electrons. The lowest BCUT2D eigenvalue weighted by Crippen LogP contribution is -2.48. The summed E-state index contributed by atoms with van der Waals surface area (Å²) in [7, 11) is -10.9. The second kappa shape index (κ2) is 7.91. The van der Waals surface area contributed by atoms with Crippen molar-refractivity contribution in [1.29, 1.82) is 0 Å². The molecule has 0 spiro atoms. The molecule has 1 atom stereocenters. The van der Waals surface area contributed by atoms with Crippen LogP contribution in [-0.4, -0.2) is 25.0 Å². The molecule has 2 aromatic rings. The number of ether oxygens (including phenoxy) is 1. The van der Waals surface area contributed by atoms with Gasteiger partial charge in [-0.15, -0.1) is 0 Å². The van der Waals surface area contributed by atoms with Gasteiger partial charge in [0, 0.05) is 11.1 Å². The fraction of sp³-hybridized carbons (Fsp3) is 0.455. The van der Waals surface area contributed by atoms with Crippen molar-refractivity contribution >= 4 is 20.9 Å². The maximum Gasteiger partial charge on any atom is 0.347 e. The number of fused-ring (bicyclic) bond motifs is 1. The molecular formula is C22H30FNO7P2. The summed E-state index contributed by atoms with van der Waals surface area (Å²) in [4.78, 5) is 40.3. The van der Waals surface area contributed by atoms with Crippen molar-refractivity contribution in [1.82, 2.24) is 0 Å². The first kappa shape index (κ1) is 25.9. The zero-order valence-corrected chi connectivity index (χ0v) is 21.1. The SMILES string of the molecule is CC(C)(C)c1cc2c(c(C(C)(C)C)c1)OC(c1ccc(F)cc1)(C(P(=O)(O)O)P(=O)(O)O)N2. The third-order valence-electron chi connectivity index (χ3n) is 5.62. The van der Waals surface area contributed by atoms with Crippen molar-refractivity contribution < 1.29 is 37.8 Å². The molecule has 0 aliphatic carbocycles. The molecule has 0 fully saturated rings. The van der Waals surface area contributed by atoms with Crippen LogP contribution in [0.25, 0.3) is 0 Å². The summed E-state index contributed by atoms with van der Waals surface area (Å²) < 4.78 is 44.8. The van der Waals surface area contributed by atoms with Gasteiger partial charge in [-0.2, -0.15) is 0 Å². The quantitative estimate of drug-likeness (QED) is 0.379. The molecule has 1 heterocycles. The van der Waals surface area contributed by atoms with E-state index in [1.54, 1.807) is 6.07 Å². The van der Waals surface area contributed by atoms with Crippen LogP contribution in [0.5, 0.6) is 5.75 Å². The van der Waals surface area contributed by atoms with Crippen LogP contribution in [0.15, 0.2) is 36.4 Å². The van der Waals surface area contributed by atoms with E-state index < -0.39 is 37.5 Å². The van der Waals surface area contributed by atoms with Gasteiger partial charge in [0.05, 0.1) is 5.69 Å². The number of anilines is 1. The van der Waals surface area contributed by atoms with E-state index in [4.69, 9.17) is 4.74 Å². The highest BCUT2D eigenvalue weighted by atomic mass is 31.2. The monoisotopic (exact) mass is 501 g/mol. The first-order valence-electron chi connectivity index (χ1n) is 10.3. The fourth-order valence-corrected chi connectivity index (χ4v) is 7.02. The summed E-state index contributed by atoms with van der Waals surface area (Å²) in [6.45, 7) is 11.8. The third-order valence-corrected chi connectivity index (χ3v) is 9.43. The number of benzene rings is 2. The molecule has 0 saturated heterocycles. The number of nitrogens with one attached hydrogen (secondary N) is 1. The maximum atomic E-state index is 13.7. The molecule has 1 aliphatic heterocycles. The highest BCUT2D eigenvalue weighted by Crippen LogP contribution is 2.68. The topological polar surface area (TPSA) is 136 Å². The van der Waals surface area contributed by atoms with Crippen molar-refractivity contribution in [3.05, 3.63) is 58.9 Å². The molecular weight excluding hydrogens is 471 g/mol. The Morgan fingerprint density at radius 3 is 1.85 bits per heavy atom. The summed E-state index contributed by atoms with van der Waals surface area (Å²) in [5.74, 6) is -0.398. The average Bonchev–Trinajstić information content (AvgIpc) is 2.96. The molecule has 0 saturated carbocycles. The van der Waals surface area contributed by atoms with E-state index in [-0.39, 0.29) is 16.7 Å². The van der Waals surface area contributed by atoms with Crippen molar-refractivity contribution in [3.63, 3.8) is 0 Å². The second-order valence-corrected chi connectivity index (χ2v) is 14.2. The standard InChI is InChI=1S/C22H30FNO7P2/c1-20(2,3)14-11-16(21(4,5)6)18-17(12-14)24-22(31-18,13-7-9-15(23)10-8-13)19(32(25,26)27)33(28,29)30/h7-12,19,24H,1-6H3,(H2,25,26,27)(H2,28,29,30). The fourth-order valence-electron chi connectivity index (χ4n) is 3.97. The summed E-state index contributed by atoms with van der Waals surface area (Å²) in [6.07, 6.45) is 0. The van der Waals surface area contributed by atoms with Gasteiger partial charge in [0.2, 0.25) is 11.1 Å². The number of hydrogen-bond acceptors (Lipinski definition) is 4. The summed E-state index contributed by atoms with van der Waals surface area (Å²) >= 11 is 0. The molecule has 1 unspecified atom stereocenters. The Kier molecular flexibility index (Phi) is 6.20. The Bertz CT molecular complexity index is 1140. The highest BCUT2D eigenvalue weighted by molar-refractivity contribution is 7.71. The minimum absolute atomic E-state index is 0.0334. The molecule has 0 amide bonds. The van der Waals surface area contributed by atoms with Crippen molar-refractivity contribution in [2.45, 2.75) is 63.5 Å². The summed E-state index contributed by atoms with van der Waals surface area (Å²) in [6, 6.07) is 8.11. The van der Waals surface area contributed by atoms with E-state index in [0.717, 1.165) is 17.7 Å². The Morgan fingerprint density at radius 1 is 0.909 bits per heavy atom. The Labute approximate surface area is 192 Å². The number of halogens is 1. The molecule has 11 heteroatoms. The molecule has 2 aromatic carbocycles. The molecule has 3 rings (SSSR count). The van der Waals surface area contributed by atoms with Crippen LogP contribution in [0.4, 0.5) is 10.1 Å². The van der Waals surface area contributed by atoms with Crippen molar-refractivity contribution in [2.75, 3.05) is 5.32 Å². The minimum Gasteiger partial charge on any atom is -0.460 e. The normalized spacial score (nSPS) is 19.3. The van der Waals surface area contributed by atoms with Crippen LogP contribution in [0, 0.1) is 5.82 Å². The number of hydrogen-bond donors (Lipinski definition) is 5. The first-order chi connectivity index (χ1) is 14.8. The van der Waals surface area contributed by atoms with Crippen LogP contribution < -0.4 is 10.1 Å². The van der Waals surface area contributed by atoms with Crippen LogP contribution >= 0.6 is 15.2 Å². The first-order valence-corrected chi connectivity index (χ1v) is 13.7. The zero-order chi connectivity index (χ0) is 25.2. The van der Waals surface area contributed by atoms with Gasteiger partial charge in [-0.3, -0.25) is 9.13 Å². The Balaban J connectivity index is 2.38. The van der Waals surface area contributed by atoms with Gasteiger partial charge in [-0.25, -0.2) is 4.39 Å². The van der Waals surface area contributed by atoms with Gasteiger partial charge in [0.25, 0.3) is 0 Å². The molecule has 5 N–H and O–H groups in total. The maximum absolute atomic E-state index is 13.7. The predicted molar refractivity (Wildman–Crippen MR) is 124 cm³/mol. The lowest BCUT2D eigenvalue weighted by Gasteiger charge is -2.37. The van der Waals surface area contributed by atoms with Gasteiger partial charge in [0.15, 0.2) is 0 Å². The van der Waals surface area contributed by atoms with Crippen molar-refractivity contribution in [2.24, 2.45) is 0 Å².